The maximum Gasteiger partial charge on any atom is 0.488 e. The van der Waals surface area contributed by atoms with Crippen molar-refractivity contribution in [3.63, 3.8) is 0 Å². The number of likely N-dealkylation sites (tertiary alicyclic amines) is 1. The van der Waals surface area contributed by atoms with E-state index in [1.807, 2.05) is 0 Å². The number of hydrogen-bond acceptors (Lipinski definition) is 9. The van der Waals surface area contributed by atoms with Gasteiger partial charge in [0.05, 0.1) is 33.7 Å². The molecule has 1 atom stereocenters. The lowest BCUT2D eigenvalue weighted by molar-refractivity contribution is -0.138. The lowest BCUT2D eigenvalue weighted by Gasteiger charge is -2.32. The molecular weight excluding hydrogens is 871 g/mol. The lowest BCUT2D eigenvalue weighted by Crippen LogP contribution is -2.40. The van der Waals surface area contributed by atoms with Gasteiger partial charge in [-0.05, 0) is 71.9 Å². The summed E-state index contributed by atoms with van der Waals surface area (Å²) < 4.78 is 107. The quantitative estimate of drug-likeness (QED) is 0.0628. The minimum absolute atomic E-state index is 0.0660. The second-order valence-corrected chi connectivity index (χ2v) is 14.6. The first-order valence-corrected chi connectivity index (χ1v) is 19.5. The largest absolute Gasteiger partial charge is 0.488 e. The normalized spacial score (nSPS) is 14.0. The summed E-state index contributed by atoms with van der Waals surface area (Å²) in [7, 11) is -1.64. The van der Waals surface area contributed by atoms with Crippen LogP contribution in [0.5, 0.6) is 0 Å². The van der Waals surface area contributed by atoms with E-state index in [-0.39, 0.29) is 42.4 Å². The van der Waals surface area contributed by atoms with Crippen molar-refractivity contribution in [2.24, 2.45) is 0 Å². The molecule has 6 N–H and O–H groups in total. The highest BCUT2D eigenvalue weighted by Crippen LogP contribution is 2.36. The van der Waals surface area contributed by atoms with Gasteiger partial charge in [-0.15, -0.1) is 0 Å². The number of amides is 3. The minimum atomic E-state index is -4.88. The highest BCUT2D eigenvalue weighted by Gasteiger charge is 2.37. The van der Waals surface area contributed by atoms with Gasteiger partial charge in [-0.1, -0.05) is 55.1 Å². The minimum Gasteiger partial charge on any atom is -0.423 e. The van der Waals surface area contributed by atoms with E-state index in [1.165, 1.54) is 36.7 Å². The summed E-state index contributed by atoms with van der Waals surface area (Å²) in [6, 6.07) is 16.3. The number of nitrogens with one attached hydrogen (secondary N) is 2. The second kappa shape index (κ2) is 19.7. The molecule has 0 bridgehead atoms. The Balaban J connectivity index is 0.000000248. The molecule has 7 rings (SSSR count). The Kier molecular flexibility index (Phi) is 14.3. The summed E-state index contributed by atoms with van der Waals surface area (Å²) in [5, 5.41) is 28.0. The Morgan fingerprint density at radius 3 is 1.82 bits per heavy atom. The first-order valence-electron chi connectivity index (χ1n) is 19.5. The van der Waals surface area contributed by atoms with Crippen LogP contribution in [0.15, 0.2) is 104 Å². The number of nitrogen functional groups attached to an aromatic ring is 1. The number of rotatable bonds is 10. The van der Waals surface area contributed by atoms with E-state index in [0.29, 0.717) is 52.6 Å². The zero-order chi connectivity index (χ0) is 47.2. The van der Waals surface area contributed by atoms with Gasteiger partial charge in [0.25, 0.3) is 11.8 Å². The Hall–Kier alpha value is -7.20. The zero-order valence-electron chi connectivity index (χ0n) is 33.8. The predicted molar refractivity (Wildman–Crippen MR) is 222 cm³/mol. The van der Waals surface area contributed by atoms with Gasteiger partial charge in [0, 0.05) is 31.7 Å². The third kappa shape index (κ3) is 11.3. The van der Waals surface area contributed by atoms with E-state index >= 15 is 0 Å². The average molecular weight is 909 g/mol. The number of piperidine rings is 1. The lowest BCUT2D eigenvalue weighted by atomic mass is 9.80. The fraction of sp³-hybridized carbons (Fsp3) is 0.209. The molecule has 13 nitrogen and oxygen atoms in total. The summed E-state index contributed by atoms with van der Waals surface area (Å²) in [6.07, 6.45) is -5.53. The van der Waals surface area contributed by atoms with Crippen LogP contribution in [0, 0.1) is 11.6 Å². The zero-order valence-corrected chi connectivity index (χ0v) is 33.8. The molecule has 338 valence electrons. The maximum atomic E-state index is 13.4. The molecule has 22 heteroatoms. The van der Waals surface area contributed by atoms with Crippen molar-refractivity contribution in [2.75, 3.05) is 18.8 Å². The van der Waals surface area contributed by atoms with E-state index in [1.54, 1.807) is 33.8 Å². The van der Waals surface area contributed by atoms with Gasteiger partial charge < -0.3 is 31.3 Å². The number of aromatic nitrogens is 4. The number of nitrogens with zero attached hydrogens (tertiary/aromatic N) is 5. The van der Waals surface area contributed by atoms with Crippen molar-refractivity contribution in [1.29, 1.82) is 0 Å². The van der Waals surface area contributed by atoms with Gasteiger partial charge in [0.2, 0.25) is 5.91 Å². The number of fused-ring (bicyclic) bond motifs is 1. The molecule has 0 unspecified atom stereocenters. The first kappa shape index (κ1) is 47.3. The van der Waals surface area contributed by atoms with E-state index in [2.05, 4.69) is 27.2 Å². The standard InChI is InChI=1S/C28H25F4N7O2.C15H12BF4NO3/c1-2-22(40)38-11-3-4-19(14-38)39-26-23(25(33)35-15-36-26)24(37-39)17-7-5-16(6-8-17)13-34-27(41)20-10-9-18(29)12-21(20)28(30,31)32;17-11-5-6-12(13(7-11)15(18,19)20)14(22)21-8-9-1-3-10(4-2-9)16(23)24/h2,5-10,12,15,19H,1,3-4,11,13-14H2,(H,34,41)(H2,33,35,36);1-7,23-24H,8H2,(H,21,22)/t19-;/m1./s1. The molecule has 0 aliphatic carbocycles. The van der Waals surface area contributed by atoms with Gasteiger partial charge in [-0.2, -0.15) is 31.4 Å². The van der Waals surface area contributed by atoms with Crippen molar-refractivity contribution < 1.29 is 59.6 Å². The van der Waals surface area contributed by atoms with Gasteiger partial charge in [-0.25, -0.2) is 23.4 Å². The third-order valence-corrected chi connectivity index (χ3v) is 10.2. The van der Waals surface area contributed by atoms with Crippen molar-refractivity contribution >= 4 is 47.2 Å². The summed E-state index contributed by atoms with van der Waals surface area (Å²) in [6.45, 7) is 4.49. The molecule has 3 amide bonds. The van der Waals surface area contributed by atoms with Crippen LogP contribution in [0.3, 0.4) is 0 Å². The molecule has 65 heavy (non-hydrogen) atoms. The Morgan fingerprint density at radius 1 is 0.800 bits per heavy atom. The van der Waals surface area contributed by atoms with Crippen LogP contribution in [-0.2, 0) is 30.2 Å². The smallest absolute Gasteiger partial charge is 0.423 e. The average Bonchev–Trinajstić information content (AvgIpc) is 3.68. The van der Waals surface area contributed by atoms with E-state index in [9.17, 15) is 49.5 Å². The molecule has 1 fully saturated rings. The highest BCUT2D eigenvalue weighted by molar-refractivity contribution is 6.58. The van der Waals surface area contributed by atoms with Gasteiger partial charge in [0.1, 0.15) is 29.5 Å². The third-order valence-electron chi connectivity index (χ3n) is 10.2. The molecule has 1 saturated heterocycles. The van der Waals surface area contributed by atoms with Gasteiger partial charge in [0.15, 0.2) is 5.65 Å². The Labute approximate surface area is 364 Å². The number of nitrogens with two attached hydrogens (primary N) is 1. The van der Waals surface area contributed by atoms with Crippen LogP contribution in [0.25, 0.3) is 22.3 Å². The topological polar surface area (TPSA) is 189 Å². The summed E-state index contributed by atoms with van der Waals surface area (Å²) in [5.74, 6) is -4.06. The number of benzene rings is 4. The monoisotopic (exact) mass is 908 g/mol. The predicted octanol–water partition coefficient (Wildman–Crippen LogP) is 5.97. The number of anilines is 1. The molecule has 3 heterocycles. The number of hydrogen-bond donors (Lipinski definition) is 5. The van der Waals surface area contributed by atoms with Crippen molar-refractivity contribution in [1.82, 2.24) is 35.3 Å². The number of carbonyl (C=O) groups excluding carboxylic acids is 3. The van der Waals surface area contributed by atoms with Crippen LogP contribution in [0.4, 0.5) is 40.9 Å². The van der Waals surface area contributed by atoms with Crippen LogP contribution in [0.2, 0.25) is 0 Å². The van der Waals surface area contributed by atoms with E-state index < -0.39 is 65.2 Å². The van der Waals surface area contributed by atoms with E-state index in [0.717, 1.165) is 37.1 Å². The van der Waals surface area contributed by atoms with Crippen LogP contribution < -0.4 is 21.8 Å². The SMILES string of the molecule is C=CC(=O)N1CCC[C@@H](n2nc(-c3ccc(CNC(=O)c4ccc(F)cc4C(F)(F)F)cc3)c3c(N)ncnc32)C1.O=C(NCc1ccc(B(O)O)cc1)c1ccc(F)cc1C(F)(F)F. The van der Waals surface area contributed by atoms with Crippen molar-refractivity contribution in [2.45, 2.75) is 44.3 Å². The highest BCUT2D eigenvalue weighted by atomic mass is 19.4. The number of halogens is 8. The Bertz CT molecular complexity index is 2710. The number of alkyl halides is 6. The fourth-order valence-corrected chi connectivity index (χ4v) is 6.98. The molecule has 4 aromatic carbocycles. The molecular formula is C43H37BF8N8O5. The van der Waals surface area contributed by atoms with Crippen LogP contribution in [-0.4, -0.2) is 72.6 Å². The molecule has 2 aromatic heterocycles. The van der Waals surface area contributed by atoms with Gasteiger partial charge >= 0.3 is 19.5 Å². The molecule has 0 radical (unpaired) electrons. The van der Waals surface area contributed by atoms with Crippen LogP contribution >= 0.6 is 0 Å². The fourth-order valence-electron chi connectivity index (χ4n) is 6.98. The van der Waals surface area contributed by atoms with Crippen molar-refractivity contribution in [3.8, 4) is 11.3 Å². The molecule has 1 aliphatic heterocycles. The molecule has 0 spiro atoms. The molecule has 0 saturated carbocycles. The Morgan fingerprint density at radius 2 is 1.32 bits per heavy atom. The summed E-state index contributed by atoms with van der Waals surface area (Å²) >= 11 is 0. The maximum absolute atomic E-state index is 13.4. The second-order valence-electron chi connectivity index (χ2n) is 14.6. The van der Waals surface area contributed by atoms with Crippen molar-refractivity contribution in [3.05, 3.63) is 149 Å². The van der Waals surface area contributed by atoms with Crippen LogP contribution in [0.1, 0.15) is 61.9 Å². The molecule has 6 aromatic rings. The first-order chi connectivity index (χ1) is 30.7. The summed E-state index contributed by atoms with van der Waals surface area (Å²) in [4.78, 5) is 46.9. The van der Waals surface area contributed by atoms with Gasteiger partial charge in [-0.3, -0.25) is 14.4 Å². The van der Waals surface area contributed by atoms with E-state index in [4.69, 9.17) is 20.9 Å². The summed E-state index contributed by atoms with van der Waals surface area (Å²) in [5.41, 5.74) is 5.31. The molecule has 1 aliphatic rings. The number of carbonyl (C=O) groups is 3.